The van der Waals surface area contributed by atoms with E-state index < -0.39 is 61.3 Å². The van der Waals surface area contributed by atoms with E-state index >= 15 is 0 Å². The highest BCUT2D eigenvalue weighted by Gasteiger charge is 2.47. The molecular weight excluding hydrogens is 692 g/mol. The first kappa shape index (κ1) is 49.2. The fraction of sp³-hybridized carbons (Fsp3) is 0.744. The van der Waals surface area contributed by atoms with Crippen molar-refractivity contribution < 1.29 is 53.8 Å². The molecule has 11 nitrogen and oxygen atoms in total. The van der Waals surface area contributed by atoms with Crippen LogP contribution in [-0.2, 0) is 33.3 Å². The molecular formula is C43H72O11. The van der Waals surface area contributed by atoms with E-state index in [1.807, 2.05) is 0 Å². The molecule has 1 aliphatic rings. The molecule has 0 aliphatic carbocycles. The zero-order valence-corrected chi connectivity index (χ0v) is 33.2. The molecule has 11 heteroatoms. The summed E-state index contributed by atoms with van der Waals surface area (Å²) in [6, 6.07) is 0. The number of esters is 2. The summed E-state index contributed by atoms with van der Waals surface area (Å²) in [6.45, 7) is 3.64. The molecule has 0 saturated carbocycles. The van der Waals surface area contributed by atoms with E-state index in [0.29, 0.717) is 12.8 Å². The van der Waals surface area contributed by atoms with Gasteiger partial charge >= 0.3 is 17.9 Å². The van der Waals surface area contributed by atoms with Crippen LogP contribution in [-0.4, -0.2) is 88.4 Å². The van der Waals surface area contributed by atoms with Gasteiger partial charge in [-0.25, -0.2) is 4.79 Å². The van der Waals surface area contributed by atoms with E-state index in [9.17, 15) is 34.8 Å². The van der Waals surface area contributed by atoms with Crippen molar-refractivity contribution in [2.24, 2.45) is 0 Å². The van der Waals surface area contributed by atoms with E-state index in [4.69, 9.17) is 18.9 Å². The zero-order chi connectivity index (χ0) is 39.7. The molecule has 1 fully saturated rings. The Morgan fingerprint density at radius 1 is 0.593 bits per heavy atom. The minimum absolute atomic E-state index is 0.179. The molecule has 0 spiro atoms. The maximum Gasteiger partial charge on any atom is 0.335 e. The van der Waals surface area contributed by atoms with E-state index in [1.165, 1.54) is 32.1 Å². The molecule has 1 rings (SSSR count). The fourth-order valence-corrected chi connectivity index (χ4v) is 5.93. The van der Waals surface area contributed by atoms with Crippen molar-refractivity contribution in [3.8, 4) is 0 Å². The number of aliphatic hydroxyl groups is 3. The lowest BCUT2D eigenvalue weighted by atomic mass is 9.99. The lowest BCUT2D eigenvalue weighted by Gasteiger charge is -2.38. The van der Waals surface area contributed by atoms with Crippen LogP contribution in [0, 0.1) is 0 Å². The van der Waals surface area contributed by atoms with Gasteiger partial charge in [0.2, 0.25) is 0 Å². The van der Waals surface area contributed by atoms with Crippen LogP contribution in [0.15, 0.2) is 48.6 Å². The van der Waals surface area contributed by atoms with Crippen molar-refractivity contribution in [2.45, 2.75) is 192 Å². The minimum Gasteiger partial charge on any atom is -0.479 e. The number of ether oxygens (including phenoxy) is 4. The molecule has 0 amide bonds. The second-order valence-electron chi connectivity index (χ2n) is 14.1. The number of carboxylic acids is 1. The highest BCUT2D eigenvalue weighted by atomic mass is 16.7. The number of rotatable bonds is 33. The van der Waals surface area contributed by atoms with Gasteiger partial charge in [0.25, 0.3) is 0 Å². The fourth-order valence-electron chi connectivity index (χ4n) is 5.93. The number of aliphatic carboxylic acids is 1. The maximum absolute atomic E-state index is 12.7. The number of aliphatic hydroxyl groups excluding tert-OH is 3. The van der Waals surface area contributed by atoms with E-state index in [0.717, 1.165) is 83.5 Å². The predicted octanol–water partition coefficient (Wildman–Crippen LogP) is 8.20. The van der Waals surface area contributed by atoms with Gasteiger partial charge in [-0.15, -0.1) is 0 Å². The van der Waals surface area contributed by atoms with Crippen LogP contribution in [0.5, 0.6) is 0 Å². The predicted molar refractivity (Wildman–Crippen MR) is 211 cm³/mol. The highest BCUT2D eigenvalue weighted by molar-refractivity contribution is 5.73. The first-order chi connectivity index (χ1) is 26.2. The molecule has 6 atom stereocenters. The Morgan fingerprint density at radius 3 is 1.65 bits per heavy atom. The molecule has 0 radical (unpaired) electrons. The Hall–Kier alpha value is -2.83. The topological polar surface area (TPSA) is 169 Å². The summed E-state index contributed by atoms with van der Waals surface area (Å²) < 4.78 is 21.6. The highest BCUT2D eigenvalue weighted by Crippen LogP contribution is 2.23. The van der Waals surface area contributed by atoms with Gasteiger partial charge in [-0.1, -0.05) is 140 Å². The van der Waals surface area contributed by atoms with Crippen LogP contribution >= 0.6 is 0 Å². The number of allylic oxidation sites excluding steroid dienone is 8. The number of carboxylic acid groups (broad SMARTS) is 1. The summed E-state index contributed by atoms with van der Waals surface area (Å²) in [5.74, 6) is -2.47. The summed E-state index contributed by atoms with van der Waals surface area (Å²) in [5, 5.41) is 39.7. The van der Waals surface area contributed by atoms with Crippen LogP contribution in [0.25, 0.3) is 0 Å². The van der Waals surface area contributed by atoms with E-state index in [1.54, 1.807) is 0 Å². The summed E-state index contributed by atoms with van der Waals surface area (Å²) in [7, 11) is 0. The van der Waals surface area contributed by atoms with E-state index in [2.05, 4.69) is 62.5 Å². The van der Waals surface area contributed by atoms with Crippen molar-refractivity contribution in [1.29, 1.82) is 0 Å². The van der Waals surface area contributed by atoms with Crippen LogP contribution < -0.4 is 0 Å². The van der Waals surface area contributed by atoms with Gasteiger partial charge in [0.05, 0.1) is 6.61 Å². The molecule has 0 aromatic rings. The van der Waals surface area contributed by atoms with Gasteiger partial charge in [0, 0.05) is 12.8 Å². The number of carbonyl (C=O) groups excluding carboxylic acids is 2. The largest absolute Gasteiger partial charge is 0.479 e. The van der Waals surface area contributed by atoms with Crippen molar-refractivity contribution in [2.75, 3.05) is 13.2 Å². The first-order valence-corrected chi connectivity index (χ1v) is 20.7. The first-order valence-electron chi connectivity index (χ1n) is 20.7. The molecule has 4 N–H and O–H groups in total. The Labute approximate surface area is 324 Å². The molecule has 1 aliphatic heterocycles. The van der Waals surface area contributed by atoms with Crippen molar-refractivity contribution in [1.82, 2.24) is 0 Å². The average Bonchev–Trinajstić information content (AvgIpc) is 3.15. The molecule has 0 bridgehead atoms. The SMILES string of the molecule is CC/C=C\C/C=C\C/C=C\C/C=C\CCCCCCCCC(=O)OCC(COC1OC(C(=O)O)C(O)C(O)C1O)OC(=O)CCCCCCCCCCC. The van der Waals surface area contributed by atoms with Gasteiger partial charge in [-0.3, -0.25) is 9.59 Å². The molecule has 1 heterocycles. The van der Waals surface area contributed by atoms with Crippen LogP contribution in [0.4, 0.5) is 0 Å². The standard InChI is InChI=1S/C43H72O11/c1-3-5-7-9-11-13-14-15-16-17-18-19-20-21-22-24-25-27-29-31-36(44)51-33-35(53-37(45)32-30-28-26-23-12-10-8-6-4-2)34-52-43-40(48)38(46)39(47)41(54-43)42(49)50/h5,7,11,13,15-16,18-19,35,38-41,43,46-48H,3-4,6,8-10,12,14,17,20-34H2,1-2H3,(H,49,50)/b7-5-,13-11-,16-15-,19-18-. The zero-order valence-electron chi connectivity index (χ0n) is 33.2. The third-order valence-corrected chi connectivity index (χ3v) is 9.19. The summed E-state index contributed by atoms with van der Waals surface area (Å²) in [5.41, 5.74) is 0. The van der Waals surface area contributed by atoms with Gasteiger partial charge in [-0.05, 0) is 51.4 Å². The van der Waals surface area contributed by atoms with Crippen LogP contribution in [0.2, 0.25) is 0 Å². The molecule has 0 aromatic heterocycles. The Bertz CT molecular complexity index is 1090. The second kappa shape index (κ2) is 33.5. The normalized spacial score (nSPS) is 21.1. The number of carbonyl (C=O) groups is 3. The maximum atomic E-state index is 12.7. The monoisotopic (exact) mass is 765 g/mol. The van der Waals surface area contributed by atoms with Gasteiger partial charge in [-0.2, -0.15) is 0 Å². The van der Waals surface area contributed by atoms with Gasteiger partial charge < -0.3 is 39.4 Å². The van der Waals surface area contributed by atoms with Crippen LogP contribution in [0.3, 0.4) is 0 Å². The van der Waals surface area contributed by atoms with Crippen LogP contribution in [0.1, 0.15) is 155 Å². The van der Waals surface area contributed by atoms with E-state index in [-0.39, 0.29) is 19.4 Å². The number of hydrogen-bond donors (Lipinski definition) is 4. The molecule has 0 aromatic carbocycles. The van der Waals surface area contributed by atoms with Gasteiger partial charge in [0.15, 0.2) is 18.5 Å². The summed E-state index contributed by atoms with van der Waals surface area (Å²) >= 11 is 0. The summed E-state index contributed by atoms with van der Waals surface area (Å²) in [6.07, 6.45) is 28.9. The number of unbranched alkanes of at least 4 members (excludes halogenated alkanes) is 14. The second-order valence-corrected chi connectivity index (χ2v) is 14.1. The van der Waals surface area contributed by atoms with Crippen molar-refractivity contribution in [3.63, 3.8) is 0 Å². The minimum atomic E-state index is -1.86. The van der Waals surface area contributed by atoms with Gasteiger partial charge in [0.1, 0.15) is 24.9 Å². The molecule has 54 heavy (non-hydrogen) atoms. The lowest BCUT2D eigenvalue weighted by Crippen LogP contribution is -2.60. The van der Waals surface area contributed by atoms with Crippen molar-refractivity contribution >= 4 is 17.9 Å². The average molecular weight is 765 g/mol. The Morgan fingerprint density at radius 2 is 1.09 bits per heavy atom. The van der Waals surface area contributed by atoms with Crippen molar-refractivity contribution in [3.05, 3.63) is 48.6 Å². The molecule has 310 valence electrons. The molecule has 6 unspecified atom stereocenters. The number of hydrogen-bond acceptors (Lipinski definition) is 10. The lowest BCUT2D eigenvalue weighted by molar-refractivity contribution is -0.298. The molecule has 1 saturated heterocycles. The summed E-state index contributed by atoms with van der Waals surface area (Å²) in [4.78, 5) is 36.6. The Kier molecular flexibility index (Phi) is 30.5. The Balaban J connectivity index is 2.37. The smallest absolute Gasteiger partial charge is 0.335 e. The third kappa shape index (κ3) is 25.3. The third-order valence-electron chi connectivity index (χ3n) is 9.19. The quantitative estimate of drug-likeness (QED) is 0.0289.